The Kier molecular flexibility index (Phi) is 5.33. The summed E-state index contributed by atoms with van der Waals surface area (Å²) < 4.78 is 5.37. The lowest BCUT2D eigenvalue weighted by atomic mass is 9.83. The first kappa shape index (κ1) is 15.9. The largest absolute Gasteiger partial charge is 0.482 e. The van der Waals surface area contributed by atoms with Gasteiger partial charge in [0.2, 0.25) is 0 Å². The third-order valence-electron chi connectivity index (χ3n) is 3.57. The Morgan fingerprint density at radius 1 is 1.33 bits per heavy atom. The van der Waals surface area contributed by atoms with Crippen LogP contribution < -0.4 is 10.1 Å². The van der Waals surface area contributed by atoms with Gasteiger partial charge < -0.3 is 10.1 Å². The van der Waals surface area contributed by atoms with Gasteiger partial charge in [0.15, 0.2) is 6.61 Å². The minimum Gasteiger partial charge on any atom is -0.482 e. The zero-order valence-electron chi connectivity index (χ0n) is 11.5. The van der Waals surface area contributed by atoms with E-state index in [2.05, 4.69) is 11.4 Å². The number of amides is 1. The summed E-state index contributed by atoms with van der Waals surface area (Å²) in [5.41, 5.74) is -0.753. The van der Waals surface area contributed by atoms with Gasteiger partial charge in [0.1, 0.15) is 16.3 Å². The fraction of sp³-hybridized carbons (Fsp3) is 0.467. The predicted molar refractivity (Wildman–Crippen MR) is 81.5 cm³/mol. The van der Waals surface area contributed by atoms with E-state index in [0.29, 0.717) is 23.6 Å². The average molecular weight is 327 g/mol. The van der Waals surface area contributed by atoms with Crippen molar-refractivity contribution in [2.45, 2.75) is 37.6 Å². The van der Waals surface area contributed by atoms with Gasteiger partial charge in [-0.1, -0.05) is 48.5 Å². The smallest absolute Gasteiger partial charge is 0.259 e. The molecular formula is C15H16Cl2N2O2. The van der Waals surface area contributed by atoms with Crippen LogP contribution in [-0.2, 0) is 4.79 Å². The topological polar surface area (TPSA) is 62.1 Å². The van der Waals surface area contributed by atoms with Crippen molar-refractivity contribution in [2.75, 3.05) is 6.61 Å². The summed E-state index contributed by atoms with van der Waals surface area (Å²) in [5.74, 6) is 0.0310. The molecule has 0 saturated heterocycles. The molecule has 0 aromatic heterocycles. The summed E-state index contributed by atoms with van der Waals surface area (Å²) >= 11 is 11.9. The number of benzene rings is 1. The van der Waals surface area contributed by atoms with E-state index in [-0.39, 0.29) is 17.5 Å². The normalized spacial score (nSPS) is 16.8. The number of hydrogen-bond acceptors (Lipinski definition) is 3. The molecule has 1 N–H and O–H groups in total. The Balaban J connectivity index is 1.93. The Morgan fingerprint density at radius 2 is 2.05 bits per heavy atom. The van der Waals surface area contributed by atoms with Crippen molar-refractivity contribution < 1.29 is 9.53 Å². The summed E-state index contributed by atoms with van der Waals surface area (Å²) in [4.78, 5) is 12.0. The summed E-state index contributed by atoms with van der Waals surface area (Å²) in [5, 5.41) is 12.7. The minimum atomic E-state index is -0.753. The lowest BCUT2D eigenvalue weighted by molar-refractivity contribution is -0.124. The SMILES string of the molecule is N#CC1(NC(=O)COc2cccc(Cl)c2Cl)CCCCC1. The predicted octanol–water partition coefficient (Wildman–Crippen LogP) is 3.71. The summed E-state index contributed by atoms with van der Waals surface area (Å²) in [6, 6.07) is 7.21. The van der Waals surface area contributed by atoms with Crippen molar-refractivity contribution in [1.29, 1.82) is 5.26 Å². The third kappa shape index (κ3) is 4.03. The lowest BCUT2D eigenvalue weighted by Crippen LogP contribution is -2.50. The highest BCUT2D eigenvalue weighted by molar-refractivity contribution is 6.42. The van der Waals surface area contributed by atoms with Crippen LogP contribution in [0.3, 0.4) is 0 Å². The molecule has 1 aromatic carbocycles. The van der Waals surface area contributed by atoms with E-state index in [1.54, 1.807) is 18.2 Å². The molecule has 1 amide bonds. The van der Waals surface area contributed by atoms with Crippen LogP contribution in [0.2, 0.25) is 10.0 Å². The molecule has 112 valence electrons. The fourth-order valence-electron chi connectivity index (χ4n) is 2.46. The molecule has 0 spiro atoms. The molecule has 1 aromatic rings. The van der Waals surface area contributed by atoms with Crippen molar-refractivity contribution in [1.82, 2.24) is 5.32 Å². The van der Waals surface area contributed by atoms with Gasteiger partial charge in [-0.3, -0.25) is 4.79 Å². The molecule has 0 unspecified atom stereocenters. The van der Waals surface area contributed by atoms with Gasteiger partial charge in [-0.15, -0.1) is 0 Å². The van der Waals surface area contributed by atoms with E-state index in [9.17, 15) is 10.1 Å². The van der Waals surface area contributed by atoms with E-state index >= 15 is 0 Å². The van der Waals surface area contributed by atoms with Crippen LogP contribution in [0.5, 0.6) is 5.75 Å². The number of halogens is 2. The molecule has 2 rings (SSSR count). The van der Waals surface area contributed by atoms with Crippen molar-refractivity contribution in [2.24, 2.45) is 0 Å². The third-order valence-corrected chi connectivity index (χ3v) is 4.38. The second-order valence-electron chi connectivity index (χ2n) is 5.14. The monoisotopic (exact) mass is 326 g/mol. The van der Waals surface area contributed by atoms with Gasteiger partial charge in [0, 0.05) is 0 Å². The average Bonchev–Trinajstić information content (AvgIpc) is 2.50. The van der Waals surface area contributed by atoms with Gasteiger partial charge in [-0.2, -0.15) is 5.26 Å². The summed E-state index contributed by atoms with van der Waals surface area (Å²) in [6.07, 6.45) is 4.39. The first-order valence-electron chi connectivity index (χ1n) is 6.85. The zero-order chi connectivity index (χ0) is 15.3. The molecule has 0 bridgehead atoms. The Hall–Kier alpha value is -1.44. The highest BCUT2D eigenvalue weighted by atomic mass is 35.5. The summed E-state index contributed by atoms with van der Waals surface area (Å²) in [6.45, 7) is -0.191. The lowest BCUT2D eigenvalue weighted by Gasteiger charge is -2.31. The van der Waals surface area contributed by atoms with E-state index in [1.165, 1.54) is 0 Å². The molecular weight excluding hydrogens is 311 g/mol. The molecule has 0 atom stereocenters. The highest BCUT2D eigenvalue weighted by Crippen LogP contribution is 2.31. The maximum atomic E-state index is 12.0. The zero-order valence-corrected chi connectivity index (χ0v) is 13.0. The minimum absolute atomic E-state index is 0.191. The van der Waals surface area contributed by atoms with E-state index in [1.807, 2.05) is 0 Å². The van der Waals surface area contributed by atoms with Gasteiger partial charge in [-0.05, 0) is 25.0 Å². The second-order valence-corrected chi connectivity index (χ2v) is 5.93. The van der Waals surface area contributed by atoms with E-state index in [4.69, 9.17) is 27.9 Å². The number of rotatable bonds is 4. The van der Waals surface area contributed by atoms with Gasteiger partial charge in [0.25, 0.3) is 5.91 Å². The molecule has 1 aliphatic rings. The summed E-state index contributed by atoms with van der Waals surface area (Å²) in [7, 11) is 0. The Bertz CT molecular complexity index is 563. The highest BCUT2D eigenvalue weighted by Gasteiger charge is 2.33. The molecule has 4 nitrogen and oxygen atoms in total. The number of nitrogens with one attached hydrogen (secondary N) is 1. The van der Waals surface area contributed by atoms with Crippen LogP contribution in [0.25, 0.3) is 0 Å². The molecule has 6 heteroatoms. The molecule has 0 aliphatic heterocycles. The maximum Gasteiger partial charge on any atom is 0.259 e. The molecule has 1 saturated carbocycles. The van der Waals surface area contributed by atoms with Crippen LogP contribution in [0.1, 0.15) is 32.1 Å². The Morgan fingerprint density at radius 3 is 2.71 bits per heavy atom. The molecule has 1 aliphatic carbocycles. The van der Waals surface area contributed by atoms with Crippen molar-refractivity contribution in [3.05, 3.63) is 28.2 Å². The first-order chi connectivity index (χ1) is 10.1. The first-order valence-corrected chi connectivity index (χ1v) is 7.61. The standard InChI is InChI=1S/C15H16Cl2N2O2/c16-11-5-4-6-12(14(11)17)21-9-13(20)19-15(10-18)7-2-1-3-8-15/h4-6H,1-3,7-9H2,(H,19,20). The van der Waals surface area contributed by atoms with Crippen molar-refractivity contribution >= 4 is 29.1 Å². The molecule has 0 radical (unpaired) electrons. The van der Waals surface area contributed by atoms with Crippen molar-refractivity contribution in [3.8, 4) is 11.8 Å². The number of nitriles is 1. The van der Waals surface area contributed by atoms with E-state index in [0.717, 1.165) is 19.3 Å². The number of carbonyl (C=O) groups is 1. The molecule has 0 heterocycles. The van der Waals surface area contributed by atoms with Crippen LogP contribution >= 0.6 is 23.2 Å². The molecule has 21 heavy (non-hydrogen) atoms. The van der Waals surface area contributed by atoms with Gasteiger partial charge >= 0.3 is 0 Å². The second kappa shape index (κ2) is 7.02. The fourth-order valence-corrected chi connectivity index (χ4v) is 2.81. The number of hydrogen-bond donors (Lipinski definition) is 1. The van der Waals surface area contributed by atoms with E-state index < -0.39 is 5.54 Å². The number of nitrogens with zero attached hydrogens (tertiary/aromatic N) is 1. The number of ether oxygens (including phenoxy) is 1. The quantitative estimate of drug-likeness (QED) is 0.917. The van der Waals surface area contributed by atoms with Crippen molar-refractivity contribution in [3.63, 3.8) is 0 Å². The Labute approximate surface area is 134 Å². The van der Waals surface area contributed by atoms with Gasteiger partial charge in [-0.25, -0.2) is 0 Å². The van der Waals surface area contributed by atoms with Crippen LogP contribution in [-0.4, -0.2) is 18.1 Å². The van der Waals surface area contributed by atoms with Crippen LogP contribution in [0.4, 0.5) is 0 Å². The van der Waals surface area contributed by atoms with Gasteiger partial charge in [0.05, 0.1) is 11.1 Å². The van der Waals surface area contributed by atoms with Crippen LogP contribution in [0.15, 0.2) is 18.2 Å². The molecule has 1 fully saturated rings. The number of carbonyl (C=O) groups excluding carboxylic acids is 1. The maximum absolute atomic E-state index is 12.0. The van der Waals surface area contributed by atoms with Crippen LogP contribution in [0, 0.1) is 11.3 Å².